The number of hydrogen-bond acceptors (Lipinski definition) is 5. The molecule has 1 fully saturated rings. The van der Waals surface area contributed by atoms with Crippen LogP contribution < -0.4 is 4.74 Å². The van der Waals surface area contributed by atoms with Crippen LogP contribution in [0.2, 0.25) is 0 Å². The van der Waals surface area contributed by atoms with Gasteiger partial charge in [-0.05, 0) is 48.7 Å². The minimum atomic E-state index is 0.417. The Bertz CT molecular complexity index is 951. The first kappa shape index (κ1) is 23.8. The highest BCUT2D eigenvalue weighted by Gasteiger charge is 2.25. The molecular weight excluding hydrogens is 396 g/mol. The predicted octanol–water partition coefficient (Wildman–Crippen LogP) is 5.06. The average molecular weight is 431 g/mol. The van der Waals surface area contributed by atoms with Gasteiger partial charge in [0.15, 0.2) is 0 Å². The first-order valence-electron chi connectivity index (χ1n) is 11.7. The monoisotopic (exact) mass is 430 g/mol. The third kappa shape index (κ3) is 6.57. The molecule has 1 aliphatic rings. The molecule has 1 atom stereocenters. The fourth-order valence-corrected chi connectivity index (χ4v) is 4.41. The molecule has 1 aliphatic heterocycles. The fraction of sp³-hybridized carbons (Fsp3) is 0.481. The molecule has 1 unspecified atom stereocenters. The maximum absolute atomic E-state index is 9.28. The number of piperazine rings is 1. The van der Waals surface area contributed by atoms with Crippen LogP contribution in [0.25, 0.3) is 0 Å². The molecule has 0 amide bonds. The number of benzene rings is 2. The SMILES string of the molecule is CCCCCC(c1ccc(C#N)c(C)c1)N1CCN(CCOc2cccc(C#N)c2)CC1. The van der Waals surface area contributed by atoms with Crippen LogP contribution in [0.3, 0.4) is 0 Å². The van der Waals surface area contributed by atoms with Crippen molar-refractivity contribution < 1.29 is 4.74 Å². The highest BCUT2D eigenvalue weighted by molar-refractivity contribution is 5.40. The van der Waals surface area contributed by atoms with Crippen LogP contribution in [0.4, 0.5) is 0 Å². The maximum atomic E-state index is 9.28. The Balaban J connectivity index is 1.54. The zero-order valence-corrected chi connectivity index (χ0v) is 19.4. The van der Waals surface area contributed by atoms with Crippen molar-refractivity contribution >= 4 is 0 Å². The van der Waals surface area contributed by atoms with Gasteiger partial charge >= 0.3 is 0 Å². The lowest BCUT2D eigenvalue weighted by Crippen LogP contribution is -2.48. The number of ether oxygens (including phenoxy) is 1. The van der Waals surface area contributed by atoms with Gasteiger partial charge in [-0.1, -0.05) is 44.4 Å². The Morgan fingerprint density at radius 3 is 2.50 bits per heavy atom. The molecule has 0 aromatic heterocycles. The second-order valence-corrected chi connectivity index (χ2v) is 8.56. The number of nitrogens with zero attached hydrogens (tertiary/aromatic N) is 4. The molecule has 32 heavy (non-hydrogen) atoms. The predicted molar refractivity (Wildman–Crippen MR) is 127 cm³/mol. The molecule has 168 valence electrons. The van der Waals surface area contributed by atoms with Gasteiger partial charge in [-0.2, -0.15) is 10.5 Å². The van der Waals surface area contributed by atoms with Gasteiger partial charge in [0, 0.05) is 38.8 Å². The highest BCUT2D eigenvalue weighted by Crippen LogP contribution is 2.29. The van der Waals surface area contributed by atoms with Crippen LogP contribution in [-0.2, 0) is 0 Å². The minimum absolute atomic E-state index is 0.417. The van der Waals surface area contributed by atoms with E-state index in [4.69, 9.17) is 10.00 Å². The summed E-state index contributed by atoms with van der Waals surface area (Å²) < 4.78 is 5.86. The Labute approximate surface area is 192 Å². The number of unbranched alkanes of at least 4 members (excludes halogenated alkanes) is 2. The number of nitriles is 2. The first-order chi connectivity index (χ1) is 15.6. The number of rotatable bonds is 10. The standard InChI is InChI=1S/C27H34N4O/c1-3-4-5-9-27(24-10-11-25(21-29)22(2)18-24)31-14-12-30(13-15-31)16-17-32-26-8-6-7-23(19-26)20-28/h6-8,10-11,18-19,27H,3-5,9,12-17H2,1-2H3. The molecular formula is C27H34N4O. The van der Waals surface area contributed by atoms with Gasteiger partial charge in [0.1, 0.15) is 12.4 Å². The zero-order valence-electron chi connectivity index (χ0n) is 19.4. The highest BCUT2D eigenvalue weighted by atomic mass is 16.5. The van der Waals surface area contributed by atoms with Gasteiger partial charge in [-0.3, -0.25) is 9.80 Å². The summed E-state index contributed by atoms with van der Waals surface area (Å²) in [5.74, 6) is 0.759. The van der Waals surface area contributed by atoms with Gasteiger partial charge < -0.3 is 4.74 Å². The summed E-state index contributed by atoms with van der Waals surface area (Å²) in [4.78, 5) is 5.07. The van der Waals surface area contributed by atoms with Crippen molar-refractivity contribution in [1.82, 2.24) is 9.80 Å². The first-order valence-corrected chi connectivity index (χ1v) is 11.7. The topological polar surface area (TPSA) is 63.3 Å². The lowest BCUT2D eigenvalue weighted by molar-refractivity contribution is 0.0817. The summed E-state index contributed by atoms with van der Waals surface area (Å²) in [5.41, 5.74) is 3.81. The van der Waals surface area contributed by atoms with Crippen LogP contribution >= 0.6 is 0 Å². The van der Waals surface area contributed by atoms with E-state index >= 15 is 0 Å². The molecule has 0 N–H and O–H groups in total. The van der Waals surface area contributed by atoms with Crippen molar-refractivity contribution in [3.05, 3.63) is 64.7 Å². The molecule has 0 aliphatic carbocycles. The van der Waals surface area contributed by atoms with E-state index in [-0.39, 0.29) is 0 Å². The van der Waals surface area contributed by atoms with Gasteiger partial charge in [0.2, 0.25) is 0 Å². The molecule has 0 bridgehead atoms. The molecule has 5 heteroatoms. The van der Waals surface area contributed by atoms with E-state index in [0.717, 1.165) is 56.0 Å². The summed E-state index contributed by atoms with van der Waals surface area (Å²) in [6.07, 6.45) is 4.88. The summed E-state index contributed by atoms with van der Waals surface area (Å²) in [5, 5.41) is 18.3. The fourth-order valence-electron chi connectivity index (χ4n) is 4.41. The molecule has 5 nitrogen and oxygen atoms in total. The Hall–Kier alpha value is -2.86. The second-order valence-electron chi connectivity index (χ2n) is 8.56. The zero-order chi connectivity index (χ0) is 22.8. The average Bonchev–Trinajstić information content (AvgIpc) is 2.83. The Morgan fingerprint density at radius 2 is 1.81 bits per heavy atom. The Kier molecular flexibility index (Phi) is 9.11. The molecule has 1 heterocycles. The molecule has 0 radical (unpaired) electrons. The quantitative estimate of drug-likeness (QED) is 0.493. The van der Waals surface area contributed by atoms with Crippen LogP contribution in [0.1, 0.15) is 60.9 Å². The van der Waals surface area contributed by atoms with E-state index in [1.807, 2.05) is 25.1 Å². The summed E-state index contributed by atoms with van der Waals surface area (Å²) >= 11 is 0. The van der Waals surface area contributed by atoms with Crippen molar-refractivity contribution in [1.29, 1.82) is 10.5 Å². The maximum Gasteiger partial charge on any atom is 0.120 e. The van der Waals surface area contributed by atoms with Crippen molar-refractivity contribution in [2.75, 3.05) is 39.3 Å². The van der Waals surface area contributed by atoms with Crippen LogP contribution in [0, 0.1) is 29.6 Å². The normalized spacial score (nSPS) is 15.6. The summed E-state index contributed by atoms with van der Waals surface area (Å²) in [7, 11) is 0. The largest absolute Gasteiger partial charge is 0.492 e. The lowest BCUT2D eigenvalue weighted by atomic mass is 9.95. The summed E-state index contributed by atoms with van der Waals surface area (Å²) in [6, 6.07) is 18.5. The number of hydrogen-bond donors (Lipinski definition) is 0. The van der Waals surface area contributed by atoms with E-state index in [9.17, 15) is 5.26 Å². The van der Waals surface area contributed by atoms with Gasteiger partial charge in [-0.25, -0.2) is 0 Å². The smallest absolute Gasteiger partial charge is 0.120 e. The second kappa shape index (κ2) is 12.2. The van der Waals surface area contributed by atoms with E-state index < -0.39 is 0 Å². The van der Waals surface area contributed by atoms with E-state index in [0.29, 0.717) is 18.2 Å². The van der Waals surface area contributed by atoms with Gasteiger partial charge in [0.05, 0.1) is 23.3 Å². The lowest BCUT2D eigenvalue weighted by Gasteiger charge is -2.39. The van der Waals surface area contributed by atoms with Crippen LogP contribution in [0.5, 0.6) is 5.75 Å². The third-order valence-electron chi connectivity index (χ3n) is 6.32. The Morgan fingerprint density at radius 1 is 1.00 bits per heavy atom. The third-order valence-corrected chi connectivity index (χ3v) is 6.32. The van der Waals surface area contributed by atoms with Crippen LogP contribution in [0.15, 0.2) is 42.5 Å². The van der Waals surface area contributed by atoms with E-state index in [1.54, 1.807) is 12.1 Å². The van der Waals surface area contributed by atoms with Crippen molar-refractivity contribution in [2.24, 2.45) is 0 Å². The van der Waals surface area contributed by atoms with Crippen molar-refractivity contribution in [3.8, 4) is 17.9 Å². The van der Waals surface area contributed by atoms with Crippen LogP contribution in [-0.4, -0.2) is 49.1 Å². The summed E-state index contributed by atoms with van der Waals surface area (Å²) in [6.45, 7) is 9.94. The molecule has 2 aromatic rings. The molecule has 3 rings (SSSR count). The molecule has 0 saturated carbocycles. The molecule has 2 aromatic carbocycles. The van der Waals surface area contributed by atoms with E-state index in [1.165, 1.54) is 24.8 Å². The van der Waals surface area contributed by atoms with Gasteiger partial charge in [-0.15, -0.1) is 0 Å². The number of aryl methyl sites for hydroxylation is 1. The van der Waals surface area contributed by atoms with Crippen molar-refractivity contribution in [2.45, 2.75) is 45.6 Å². The minimum Gasteiger partial charge on any atom is -0.492 e. The molecule has 0 spiro atoms. The molecule has 1 saturated heterocycles. The van der Waals surface area contributed by atoms with E-state index in [2.05, 4.69) is 41.0 Å². The van der Waals surface area contributed by atoms with Crippen molar-refractivity contribution in [3.63, 3.8) is 0 Å². The van der Waals surface area contributed by atoms with Gasteiger partial charge in [0.25, 0.3) is 0 Å².